The van der Waals surface area contributed by atoms with E-state index < -0.39 is 28.5 Å². The summed E-state index contributed by atoms with van der Waals surface area (Å²) in [5.74, 6) is -0.920. The van der Waals surface area contributed by atoms with E-state index in [1.807, 2.05) is 62.6 Å². The van der Waals surface area contributed by atoms with Crippen molar-refractivity contribution in [2.24, 2.45) is 16.6 Å². The number of benzene rings is 2. The summed E-state index contributed by atoms with van der Waals surface area (Å²) >= 11 is 1.41. The molecule has 80 heavy (non-hydrogen) atoms. The van der Waals surface area contributed by atoms with Gasteiger partial charge < -0.3 is 63.7 Å². The number of aromatic nitrogens is 2. The number of imide groups is 1. The molecule has 2 atom stereocenters. The van der Waals surface area contributed by atoms with Crippen LogP contribution >= 0.6 is 11.8 Å². The summed E-state index contributed by atoms with van der Waals surface area (Å²) < 4.78 is 75.5. The molecule has 4 rings (SSSR count). The Morgan fingerprint density at radius 1 is 0.762 bits per heavy atom. The summed E-state index contributed by atoms with van der Waals surface area (Å²) in [4.78, 5) is 71.2. The molecule has 1 aliphatic heterocycles. The van der Waals surface area contributed by atoms with E-state index in [9.17, 15) is 28.4 Å². The number of likely N-dealkylation sites (tertiary alicyclic amines) is 1. The molecule has 0 radical (unpaired) electrons. The van der Waals surface area contributed by atoms with E-state index in [0.717, 1.165) is 23.8 Å². The van der Waals surface area contributed by atoms with E-state index in [1.165, 1.54) is 16.7 Å². The first-order chi connectivity index (χ1) is 38.6. The van der Waals surface area contributed by atoms with E-state index in [-0.39, 0.29) is 79.0 Å². The van der Waals surface area contributed by atoms with E-state index >= 15 is 4.39 Å². The smallest absolute Gasteiger partial charge is 0.235 e. The number of hydrogen-bond donors (Lipinski definition) is 3. The van der Waals surface area contributed by atoms with Crippen LogP contribution in [0.3, 0.4) is 0 Å². The number of imidazole rings is 1. The van der Waals surface area contributed by atoms with Gasteiger partial charge in [0.1, 0.15) is 17.5 Å². The molecule has 2 unspecified atom stereocenters. The van der Waals surface area contributed by atoms with Crippen LogP contribution in [0.2, 0.25) is 0 Å². The van der Waals surface area contributed by atoms with Gasteiger partial charge in [0.25, 0.3) is 0 Å². The van der Waals surface area contributed by atoms with E-state index in [2.05, 4.69) is 10.6 Å². The highest BCUT2D eigenvalue weighted by molar-refractivity contribution is 7.99. The standard InChI is InChI=1S/C57H87F2N7O13S/c1-6-57(5)40-51(69)66(55(57)71)21-15-49(67)61-18-23-73-25-27-75-29-31-77-33-35-79-37-36-78-34-32-76-30-28-74-26-24-72-22-16-50(68)62-19-38-80-43-52(70)65(20-10-17-60)53(56(2,3)4)54-63-48(46-39-45(58)13-14-47(46)59)42-64(54)41-44-11-8-7-9-12-44/h7-9,11-14,39,42,53H,6,10,15-38,40-41,43,60H2,1-5H3,(H,61,67)(H,62,68). The molecule has 1 fully saturated rings. The first-order valence-electron chi connectivity index (χ1n) is 27.7. The molecular weight excluding hydrogens is 1060 g/mol. The number of carbonyl (C=O) groups is 5. The summed E-state index contributed by atoms with van der Waals surface area (Å²) in [6, 6.07) is 12.5. The van der Waals surface area contributed by atoms with Crippen LogP contribution in [0.1, 0.15) is 84.2 Å². The number of nitrogens with one attached hydrogen (secondary N) is 2. The van der Waals surface area contributed by atoms with Crippen molar-refractivity contribution in [1.82, 2.24) is 30.0 Å². The molecule has 2 aromatic carbocycles. The van der Waals surface area contributed by atoms with Gasteiger partial charge in [-0.05, 0) is 48.6 Å². The summed E-state index contributed by atoms with van der Waals surface area (Å²) in [5, 5.41) is 5.62. The molecule has 3 aromatic rings. The zero-order valence-corrected chi connectivity index (χ0v) is 48.4. The van der Waals surface area contributed by atoms with Crippen LogP contribution in [-0.2, 0) is 68.4 Å². The molecule has 20 nitrogen and oxygen atoms in total. The van der Waals surface area contributed by atoms with Gasteiger partial charge >= 0.3 is 0 Å². The first-order valence-corrected chi connectivity index (χ1v) is 28.9. The molecule has 448 valence electrons. The molecule has 1 aromatic heterocycles. The van der Waals surface area contributed by atoms with Crippen molar-refractivity contribution in [2.45, 2.75) is 79.3 Å². The maximum atomic E-state index is 15.1. The third-order valence-electron chi connectivity index (χ3n) is 12.9. The van der Waals surface area contributed by atoms with Crippen LogP contribution in [0.15, 0.2) is 54.7 Å². The van der Waals surface area contributed by atoms with Crippen molar-refractivity contribution in [1.29, 1.82) is 0 Å². The minimum atomic E-state index is -0.666. The molecule has 0 aliphatic carbocycles. The van der Waals surface area contributed by atoms with Crippen molar-refractivity contribution in [3.8, 4) is 11.3 Å². The maximum Gasteiger partial charge on any atom is 0.235 e. The fraction of sp³-hybridized carbons (Fsp3) is 0.649. The van der Waals surface area contributed by atoms with Crippen LogP contribution in [0, 0.1) is 22.5 Å². The minimum absolute atomic E-state index is 0.0368. The highest BCUT2D eigenvalue weighted by atomic mass is 32.2. The SMILES string of the molecule is CCC1(C)CC(=O)N(CCC(=O)NCCOCCOCCOCCOCCOCCOCCOCCOCCC(=O)NCCSCC(=O)N(CCCN)C(c2nc(-c3cc(F)ccc3F)cn2Cc2ccccc2)C(C)(C)C)C1=O. The number of amides is 5. The zero-order valence-electron chi connectivity index (χ0n) is 47.6. The molecular formula is C57H87F2N7O13S. The highest BCUT2D eigenvalue weighted by Crippen LogP contribution is 2.40. The number of nitrogens with zero attached hydrogens (tertiary/aromatic N) is 4. The summed E-state index contributed by atoms with van der Waals surface area (Å²) in [6.07, 6.45) is 3.29. The van der Waals surface area contributed by atoms with Gasteiger partial charge in [-0.3, -0.25) is 28.9 Å². The average molecular weight is 1150 g/mol. The third kappa shape index (κ3) is 25.0. The molecule has 23 heteroatoms. The Hall–Kier alpha value is -4.95. The molecule has 0 spiro atoms. The monoisotopic (exact) mass is 1150 g/mol. The largest absolute Gasteiger partial charge is 0.379 e. The minimum Gasteiger partial charge on any atom is -0.379 e. The molecule has 1 aliphatic rings. The molecule has 2 heterocycles. The summed E-state index contributed by atoms with van der Waals surface area (Å²) in [5.41, 5.74) is 6.06. The molecule has 0 saturated carbocycles. The van der Waals surface area contributed by atoms with E-state index in [0.29, 0.717) is 156 Å². The van der Waals surface area contributed by atoms with Crippen LogP contribution < -0.4 is 16.4 Å². The van der Waals surface area contributed by atoms with Crippen LogP contribution in [0.25, 0.3) is 11.3 Å². The number of carbonyl (C=O) groups excluding carboxylic acids is 5. The second-order valence-electron chi connectivity index (χ2n) is 20.3. The van der Waals surface area contributed by atoms with Gasteiger partial charge in [0.15, 0.2) is 0 Å². The Balaban J connectivity index is 0.937. The molecule has 1 saturated heterocycles. The normalized spacial score (nSPS) is 15.0. The number of hydrogen-bond acceptors (Lipinski definition) is 16. The lowest BCUT2D eigenvalue weighted by Crippen LogP contribution is -2.44. The Morgan fingerprint density at radius 2 is 1.30 bits per heavy atom. The molecule has 4 N–H and O–H groups in total. The van der Waals surface area contributed by atoms with Gasteiger partial charge in [0.2, 0.25) is 29.5 Å². The fourth-order valence-electron chi connectivity index (χ4n) is 8.44. The van der Waals surface area contributed by atoms with Gasteiger partial charge in [-0.25, -0.2) is 13.8 Å². The summed E-state index contributed by atoms with van der Waals surface area (Å²) in [7, 11) is 0. The van der Waals surface area contributed by atoms with Gasteiger partial charge in [0.05, 0.1) is 129 Å². The topological polar surface area (TPSA) is 234 Å². The van der Waals surface area contributed by atoms with Gasteiger partial charge in [0, 0.05) is 69.5 Å². The van der Waals surface area contributed by atoms with Crippen molar-refractivity contribution in [3.63, 3.8) is 0 Å². The van der Waals surface area contributed by atoms with Crippen molar-refractivity contribution >= 4 is 41.3 Å². The second kappa shape index (κ2) is 37.9. The maximum absolute atomic E-state index is 15.1. The number of rotatable bonds is 44. The van der Waals surface area contributed by atoms with Gasteiger partial charge in [-0.2, -0.15) is 11.8 Å². The molecule has 0 bridgehead atoms. The lowest BCUT2D eigenvalue weighted by Gasteiger charge is -2.40. The predicted molar refractivity (Wildman–Crippen MR) is 300 cm³/mol. The summed E-state index contributed by atoms with van der Waals surface area (Å²) in [6.45, 7) is 17.8. The lowest BCUT2D eigenvalue weighted by atomic mass is 9.84. The number of ether oxygens (including phenoxy) is 8. The molecule has 5 amide bonds. The predicted octanol–water partition coefficient (Wildman–Crippen LogP) is 5.20. The van der Waals surface area contributed by atoms with Crippen LogP contribution in [0.4, 0.5) is 8.78 Å². The highest BCUT2D eigenvalue weighted by Gasteiger charge is 2.46. The zero-order chi connectivity index (χ0) is 58.0. The Bertz CT molecular complexity index is 2300. The Morgan fingerprint density at radius 3 is 1.84 bits per heavy atom. The van der Waals surface area contributed by atoms with Gasteiger partial charge in [-0.1, -0.05) is 65.0 Å². The average Bonchev–Trinajstić information content (AvgIpc) is 3.96. The van der Waals surface area contributed by atoms with E-state index in [1.54, 1.807) is 18.0 Å². The van der Waals surface area contributed by atoms with Gasteiger partial charge in [-0.15, -0.1) is 0 Å². The van der Waals surface area contributed by atoms with Crippen LogP contribution in [-0.4, -0.2) is 199 Å². The second-order valence-corrected chi connectivity index (χ2v) is 21.4. The number of halogens is 2. The lowest BCUT2D eigenvalue weighted by molar-refractivity contribution is -0.141. The van der Waals surface area contributed by atoms with Crippen molar-refractivity contribution < 1.29 is 70.6 Å². The van der Waals surface area contributed by atoms with E-state index in [4.69, 9.17) is 48.6 Å². The van der Waals surface area contributed by atoms with Crippen molar-refractivity contribution in [2.75, 3.05) is 150 Å². The first kappa shape index (κ1) is 67.6. The van der Waals surface area contributed by atoms with Crippen molar-refractivity contribution in [3.05, 3.63) is 77.8 Å². The number of thioether (sulfide) groups is 1. The van der Waals surface area contributed by atoms with Crippen LogP contribution in [0.5, 0.6) is 0 Å². The third-order valence-corrected chi connectivity index (χ3v) is 13.8. The Labute approximate surface area is 475 Å². The Kier molecular flexibility index (Phi) is 32.0. The number of nitrogens with two attached hydrogens (primary N) is 1. The fourth-order valence-corrected chi connectivity index (χ4v) is 9.17. The quantitative estimate of drug-likeness (QED) is 0.0488.